The quantitative estimate of drug-likeness (QED) is 0.307. The van der Waals surface area contributed by atoms with E-state index in [4.69, 9.17) is 11.6 Å². The van der Waals surface area contributed by atoms with Gasteiger partial charge in [-0.05, 0) is 11.6 Å². The first-order chi connectivity index (χ1) is 15.7. The highest BCUT2D eigenvalue weighted by molar-refractivity contribution is 8.01. The minimum Gasteiger partial charge on any atom is -0.301 e. The van der Waals surface area contributed by atoms with E-state index in [2.05, 4.69) is 25.6 Å². The van der Waals surface area contributed by atoms with E-state index >= 15 is 0 Å². The molecule has 1 N–H and O–H groups in total. The van der Waals surface area contributed by atoms with E-state index in [0.29, 0.717) is 22.3 Å². The van der Waals surface area contributed by atoms with E-state index in [9.17, 15) is 4.79 Å². The number of halogens is 1. The molecule has 5 aromatic rings. The van der Waals surface area contributed by atoms with Crippen LogP contribution in [-0.2, 0) is 11.2 Å². The Morgan fingerprint density at radius 2 is 1.88 bits per heavy atom. The molecule has 0 spiro atoms. The van der Waals surface area contributed by atoms with Gasteiger partial charge in [-0.15, -0.1) is 26.6 Å². The van der Waals surface area contributed by atoms with E-state index in [0.717, 1.165) is 25.4 Å². The molecule has 0 bridgehead atoms. The topological polar surface area (TPSA) is 85.1 Å². The second-order valence-corrected chi connectivity index (χ2v) is 10.4. The van der Waals surface area contributed by atoms with Gasteiger partial charge in [-0.2, -0.15) is 4.52 Å². The van der Waals surface area contributed by atoms with E-state index in [-0.39, 0.29) is 11.7 Å². The van der Waals surface area contributed by atoms with Crippen molar-refractivity contribution in [3.05, 3.63) is 76.3 Å². The van der Waals surface area contributed by atoms with Crippen molar-refractivity contribution in [1.29, 1.82) is 0 Å². The summed E-state index contributed by atoms with van der Waals surface area (Å²) in [6, 6.07) is 17.5. The van der Waals surface area contributed by atoms with Crippen molar-refractivity contribution in [3.8, 4) is 11.4 Å². The van der Waals surface area contributed by atoms with Gasteiger partial charge < -0.3 is 5.32 Å². The molecule has 0 aliphatic rings. The van der Waals surface area contributed by atoms with E-state index in [1.54, 1.807) is 10.7 Å². The standard InChI is InChI=1S/C21H15ClN6OS3/c22-16-9-5-4-8-14(16)10-15-11-23-19(31-15)24-17(29)12-30-21-27-28-18(25-26-20(28)32-21)13-6-2-1-3-7-13/h1-9,11H,10,12H2,(H,23,24,29). The first-order valence-electron chi connectivity index (χ1n) is 9.54. The number of nitrogens with zero attached hydrogens (tertiary/aromatic N) is 5. The molecule has 0 saturated heterocycles. The van der Waals surface area contributed by atoms with Crippen molar-refractivity contribution < 1.29 is 4.79 Å². The van der Waals surface area contributed by atoms with Crippen molar-refractivity contribution in [2.24, 2.45) is 0 Å². The Bertz CT molecular complexity index is 1380. The number of nitrogens with one attached hydrogen (secondary N) is 1. The first kappa shape index (κ1) is 21.1. The van der Waals surface area contributed by atoms with Crippen LogP contribution in [0.2, 0.25) is 5.02 Å². The summed E-state index contributed by atoms with van der Waals surface area (Å²) in [6.07, 6.45) is 2.45. The van der Waals surface area contributed by atoms with Gasteiger partial charge in [-0.1, -0.05) is 83.2 Å². The predicted molar refractivity (Wildman–Crippen MR) is 130 cm³/mol. The highest BCUT2D eigenvalue weighted by Crippen LogP contribution is 2.28. The lowest BCUT2D eigenvalue weighted by Crippen LogP contribution is -2.13. The molecule has 0 atom stereocenters. The van der Waals surface area contributed by atoms with E-state index in [1.807, 2.05) is 54.6 Å². The SMILES string of the molecule is O=C(CSc1nn2c(-c3ccccc3)nnc2s1)Nc1ncc(Cc2ccccc2Cl)s1. The summed E-state index contributed by atoms with van der Waals surface area (Å²) in [5.74, 6) is 0.773. The molecular weight excluding hydrogens is 484 g/mol. The van der Waals surface area contributed by atoms with Gasteiger partial charge in [0, 0.05) is 28.1 Å². The van der Waals surface area contributed by atoms with Gasteiger partial charge in [-0.3, -0.25) is 4.79 Å². The first-order valence-corrected chi connectivity index (χ1v) is 12.5. The number of amides is 1. The summed E-state index contributed by atoms with van der Waals surface area (Å²) >= 11 is 10.4. The lowest BCUT2D eigenvalue weighted by Gasteiger charge is -2.01. The second-order valence-electron chi connectivity index (χ2n) is 6.69. The Kier molecular flexibility index (Phi) is 6.17. The molecule has 0 unspecified atom stereocenters. The lowest BCUT2D eigenvalue weighted by molar-refractivity contribution is -0.113. The van der Waals surface area contributed by atoms with Crippen molar-refractivity contribution in [1.82, 2.24) is 24.8 Å². The number of rotatable bonds is 7. The van der Waals surface area contributed by atoms with Crippen LogP contribution < -0.4 is 5.32 Å². The van der Waals surface area contributed by atoms with Crippen molar-refractivity contribution in [2.75, 3.05) is 11.1 Å². The zero-order chi connectivity index (χ0) is 21.9. The van der Waals surface area contributed by atoms with Crippen LogP contribution in [0.3, 0.4) is 0 Å². The molecule has 3 aromatic heterocycles. The Morgan fingerprint density at radius 1 is 1.06 bits per heavy atom. The number of thioether (sulfide) groups is 1. The molecule has 32 heavy (non-hydrogen) atoms. The van der Waals surface area contributed by atoms with Crippen LogP contribution in [0.15, 0.2) is 65.1 Å². The van der Waals surface area contributed by atoms with Crippen LogP contribution in [-0.4, -0.2) is 36.5 Å². The fourth-order valence-electron chi connectivity index (χ4n) is 2.98. The third kappa shape index (κ3) is 4.68. The third-order valence-corrected chi connectivity index (χ3v) is 7.77. The monoisotopic (exact) mass is 498 g/mol. The number of hydrogen-bond donors (Lipinski definition) is 1. The molecular formula is C21H15ClN6OS3. The van der Waals surface area contributed by atoms with Gasteiger partial charge >= 0.3 is 0 Å². The van der Waals surface area contributed by atoms with Gasteiger partial charge in [0.1, 0.15) is 0 Å². The van der Waals surface area contributed by atoms with Gasteiger partial charge in [-0.25, -0.2) is 4.98 Å². The number of fused-ring (bicyclic) bond motifs is 1. The van der Waals surface area contributed by atoms with Crippen LogP contribution in [0.1, 0.15) is 10.4 Å². The molecule has 1 amide bonds. The van der Waals surface area contributed by atoms with Gasteiger partial charge in [0.25, 0.3) is 0 Å². The molecule has 0 radical (unpaired) electrons. The Hall–Kier alpha value is -2.79. The van der Waals surface area contributed by atoms with E-state index < -0.39 is 0 Å². The van der Waals surface area contributed by atoms with Crippen molar-refractivity contribution in [3.63, 3.8) is 0 Å². The number of carbonyl (C=O) groups is 1. The smallest absolute Gasteiger partial charge is 0.236 e. The van der Waals surface area contributed by atoms with Crippen molar-refractivity contribution in [2.45, 2.75) is 10.8 Å². The summed E-state index contributed by atoms with van der Waals surface area (Å²) < 4.78 is 2.46. The number of aromatic nitrogens is 5. The maximum atomic E-state index is 12.4. The average molecular weight is 499 g/mol. The number of thiazole rings is 1. The van der Waals surface area contributed by atoms with Crippen LogP contribution in [0.5, 0.6) is 0 Å². The molecule has 2 aromatic carbocycles. The Labute approximate surface area is 200 Å². The summed E-state index contributed by atoms with van der Waals surface area (Å²) in [6.45, 7) is 0. The number of carbonyl (C=O) groups excluding carboxylic acids is 1. The van der Waals surface area contributed by atoms with Crippen LogP contribution in [0, 0.1) is 0 Å². The second kappa shape index (κ2) is 9.37. The van der Waals surface area contributed by atoms with Gasteiger partial charge in [0.15, 0.2) is 15.3 Å². The predicted octanol–water partition coefficient (Wildman–Crippen LogP) is 5.28. The summed E-state index contributed by atoms with van der Waals surface area (Å²) in [5.41, 5.74) is 1.97. The van der Waals surface area contributed by atoms with Crippen molar-refractivity contribution >= 4 is 62.0 Å². The fraction of sp³-hybridized carbons (Fsp3) is 0.0952. The molecule has 0 aliphatic heterocycles. The lowest BCUT2D eigenvalue weighted by atomic mass is 10.1. The van der Waals surface area contributed by atoms with Gasteiger partial charge in [0.05, 0.1) is 5.75 Å². The summed E-state index contributed by atoms with van der Waals surface area (Å²) in [4.78, 5) is 18.4. The molecule has 0 saturated carbocycles. The number of anilines is 1. The average Bonchev–Trinajstić information content (AvgIpc) is 3.51. The maximum absolute atomic E-state index is 12.4. The zero-order valence-corrected chi connectivity index (χ0v) is 19.6. The number of hydrogen-bond acceptors (Lipinski definition) is 8. The largest absolute Gasteiger partial charge is 0.301 e. The minimum atomic E-state index is -0.136. The zero-order valence-electron chi connectivity index (χ0n) is 16.4. The molecule has 11 heteroatoms. The summed E-state index contributed by atoms with van der Waals surface area (Å²) in [7, 11) is 0. The van der Waals surface area contributed by atoms with Gasteiger partial charge in [0.2, 0.25) is 10.9 Å². The highest BCUT2D eigenvalue weighted by atomic mass is 35.5. The van der Waals surface area contributed by atoms with Crippen LogP contribution in [0.4, 0.5) is 5.13 Å². The number of benzene rings is 2. The Balaban J connectivity index is 1.19. The fourth-order valence-corrected chi connectivity index (χ4v) is 5.71. The molecule has 0 fully saturated rings. The normalized spacial score (nSPS) is 11.2. The maximum Gasteiger partial charge on any atom is 0.236 e. The summed E-state index contributed by atoms with van der Waals surface area (Å²) in [5, 5.41) is 17.1. The third-order valence-electron chi connectivity index (χ3n) is 4.45. The molecule has 160 valence electrons. The van der Waals surface area contributed by atoms with Crippen LogP contribution >= 0.6 is 46.0 Å². The Morgan fingerprint density at radius 3 is 2.72 bits per heavy atom. The molecule has 7 nitrogen and oxygen atoms in total. The minimum absolute atomic E-state index is 0.136. The molecule has 3 heterocycles. The highest BCUT2D eigenvalue weighted by Gasteiger charge is 2.15. The van der Waals surface area contributed by atoms with E-state index in [1.165, 1.54) is 34.4 Å². The van der Waals surface area contributed by atoms with Crippen LogP contribution in [0.25, 0.3) is 16.3 Å². The molecule has 0 aliphatic carbocycles. The molecule has 5 rings (SSSR count).